The molecule has 0 aliphatic rings. The molecule has 0 aromatic heterocycles. The van der Waals surface area contributed by atoms with Crippen molar-refractivity contribution in [3.63, 3.8) is 0 Å². The lowest BCUT2D eigenvalue weighted by Gasteiger charge is -2.20. The van der Waals surface area contributed by atoms with Crippen molar-refractivity contribution in [2.24, 2.45) is 0 Å². The summed E-state index contributed by atoms with van der Waals surface area (Å²) in [5.41, 5.74) is 4.70. The second kappa shape index (κ2) is 5.69. The minimum absolute atomic E-state index is 0.105. The van der Waals surface area contributed by atoms with Crippen LogP contribution < -0.4 is 4.90 Å². The first-order chi connectivity index (χ1) is 8.69. The van der Waals surface area contributed by atoms with Crippen LogP contribution in [0.2, 0.25) is 0 Å². The van der Waals surface area contributed by atoms with Gasteiger partial charge in [0.2, 0.25) is 0 Å². The fourth-order valence-corrected chi connectivity index (χ4v) is 1.98. The molecule has 0 radical (unpaired) electrons. The molecular formula is C16H19NO. The van der Waals surface area contributed by atoms with Crippen molar-refractivity contribution in [3.05, 3.63) is 65.2 Å². The molecule has 0 amide bonds. The van der Waals surface area contributed by atoms with Crippen LogP contribution in [0.5, 0.6) is 0 Å². The van der Waals surface area contributed by atoms with Crippen LogP contribution in [0.15, 0.2) is 48.5 Å². The maximum Gasteiger partial charge on any atom is 0.0681 e. The van der Waals surface area contributed by atoms with Gasteiger partial charge >= 0.3 is 0 Å². The highest BCUT2D eigenvalue weighted by Gasteiger charge is 2.02. The van der Waals surface area contributed by atoms with Crippen LogP contribution in [0.1, 0.15) is 16.7 Å². The van der Waals surface area contributed by atoms with E-state index in [4.69, 9.17) is 5.11 Å². The van der Waals surface area contributed by atoms with Crippen LogP contribution >= 0.6 is 0 Å². The van der Waals surface area contributed by atoms with E-state index >= 15 is 0 Å². The SMILES string of the molecule is Cc1cccc(N(C)Cc2ccc(CO)cc2)c1. The highest BCUT2D eigenvalue weighted by atomic mass is 16.3. The first-order valence-corrected chi connectivity index (χ1v) is 6.15. The highest BCUT2D eigenvalue weighted by molar-refractivity contribution is 5.48. The normalized spacial score (nSPS) is 10.4. The van der Waals surface area contributed by atoms with Gasteiger partial charge in [0.15, 0.2) is 0 Å². The summed E-state index contributed by atoms with van der Waals surface area (Å²) in [7, 11) is 2.09. The van der Waals surface area contributed by atoms with Crippen LogP contribution in [0, 0.1) is 6.92 Å². The van der Waals surface area contributed by atoms with Gasteiger partial charge in [0.05, 0.1) is 6.61 Å². The number of nitrogens with zero attached hydrogens (tertiary/aromatic N) is 1. The number of hydrogen-bond donors (Lipinski definition) is 1. The second-order valence-electron chi connectivity index (χ2n) is 4.67. The Kier molecular flexibility index (Phi) is 4.00. The number of aliphatic hydroxyl groups excluding tert-OH is 1. The van der Waals surface area contributed by atoms with E-state index in [0.717, 1.165) is 12.1 Å². The van der Waals surface area contributed by atoms with Gasteiger partial charge in [0.25, 0.3) is 0 Å². The Morgan fingerprint density at radius 3 is 2.28 bits per heavy atom. The van der Waals surface area contributed by atoms with Gasteiger partial charge < -0.3 is 10.0 Å². The van der Waals surface area contributed by atoms with Crippen molar-refractivity contribution < 1.29 is 5.11 Å². The predicted molar refractivity (Wildman–Crippen MR) is 75.7 cm³/mol. The Bertz CT molecular complexity index is 505. The monoisotopic (exact) mass is 241 g/mol. The fraction of sp³-hybridized carbons (Fsp3) is 0.250. The number of rotatable bonds is 4. The molecule has 18 heavy (non-hydrogen) atoms. The molecule has 2 nitrogen and oxygen atoms in total. The smallest absolute Gasteiger partial charge is 0.0681 e. The van der Waals surface area contributed by atoms with Crippen LogP contribution in [-0.2, 0) is 13.2 Å². The average Bonchev–Trinajstić information content (AvgIpc) is 2.39. The van der Waals surface area contributed by atoms with E-state index in [2.05, 4.69) is 55.3 Å². The second-order valence-corrected chi connectivity index (χ2v) is 4.67. The van der Waals surface area contributed by atoms with Gasteiger partial charge in [-0.25, -0.2) is 0 Å². The zero-order valence-corrected chi connectivity index (χ0v) is 10.9. The Morgan fingerprint density at radius 2 is 1.67 bits per heavy atom. The number of aliphatic hydroxyl groups is 1. The Balaban J connectivity index is 2.08. The van der Waals surface area contributed by atoms with Gasteiger partial charge in [-0.15, -0.1) is 0 Å². The maximum atomic E-state index is 9.01. The molecule has 0 heterocycles. The minimum atomic E-state index is 0.105. The lowest BCUT2D eigenvalue weighted by Crippen LogP contribution is -2.16. The molecule has 0 bridgehead atoms. The van der Waals surface area contributed by atoms with E-state index < -0.39 is 0 Å². The standard InChI is InChI=1S/C16H19NO/c1-13-4-3-5-16(10-13)17(2)11-14-6-8-15(12-18)9-7-14/h3-10,18H,11-12H2,1-2H3. The van der Waals surface area contributed by atoms with Crippen LogP contribution in [0.25, 0.3) is 0 Å². The van der Waals surface area contributed by atoms with E-state index in [1.165, 1.54) is 16.8 Å². The van der Waals surface area contributed by atoms with E-state index in [-0.39, 0.29) is 6.61 Å². The lowest BCUT2D eigenvalue weighted by atomic mass is 10.1. The number of anilines is 1. The summed E-state index contributed by atoms with van der Waals surface area (Å²) >= 11 is 0. The third-order valence-electron chi connectivity index (χ3n) is 3.07. The van der Waals surface area contributed by atoms with E-state index in [1.807, 2.05) is 12.1 Å². The molecule has 0 saturated heterocycles. The third kappa shape index (κ3) is 3.11. The maximum absolute atomic E-state index is 9.01. The van der Waals surface area contributed by atoms with Crippen molar-refractivity contribution >= 4 is 5.69 Å². The zero-order chi connectivity index (χ0) is 13.0. The van der Waals surface area contributed by atoms with Crippen LogP contribution in [0.3, 0.4) is 0 Å². The minimum Gasteiger partial charge on any atom is -0.392 e. The lowest BCUT2D eigenvalue weighted by molar-refractivity contribution is 0.282. The summed E-state index contributed by atoms with van der Waals surface area (Å²) in [4.78, 5) is 2.22. The molecule has 0 spiro atoms. The Morgan fingerprint density at radius 1 is 1.00 bits per heavy atom. The van der Waals surface area contributed by atoms with Crippen molar-refractivity contribution in [2.45, 2.75) is 20.1 Å². The molecule has 2 aromatic carbocycles. The molecule has 2 rings (SSSR count). The molecule has 0 saturated carbocycles. The zero-order valence-electron chi connectivity index (χ0n) is 10.9. The molecule has 0 aliphatic carbocycles. The van der Waals surface area contributed by atoms with Crippen LogP contribution in [0.4, 0.5) is 5.69 Å². The molecule has 2 aromatic rings. The molecule has 94 valence electrons. The van der Waals surface area contributed by atoms with Crippen molar-refractivity contribution in [3.8, 4) is 0 Å². The van der Waals surface area contributed by atoms with Gasteiger partial charge in [-0.05, 0) is 35.7 Å². The summed E-state index contributed by atoms with van der Waals surface area (Å²) in [5.74, 6) is 0. The van der Waals surface area contributed by atoms with Crippen molar-refractivity contribution in [2.75, 3.05) is 11.9 Å². The molecule has 0 fully saturated rings. The van der Waals surface area contributed by atoms with E-state index in [0.29, 0.717) is 0 Å². The topological polar surface area (TPSA) is 23.5 Å². The summed E-state index contributed by atoms with van der Waals surface area (Å²) in [6, 6.07) is 16.6. The molecular weight excluding hydrogens is 222 g/mol. The van der Waals surface area contributed by atoms with Gasteiger partial charge in [0, 0.05) is 19.3 Å². The predicted octanol–water partition coefficient (Wildman–Crippen LogP) is 3.12. The molecule has 1 N–H and O–H groups in total. The first kappa shape index (κ1) is 12.7. The number of hydrogen-bond acceptors (Lipinski definition) is 2. The summed E-state index contributed by atoms with van der Waals surface area (Å²) in [6.45, 7) is 3.08. The van der Waals surface area contributed by atoms with E-state index in [1.54, 1.807) is 0 Å². The van der Waals surface area contributed by atoms with Gasteiger partial charge in [-0.3, -0.25) is 0 Å². The van der Waals surface area contributed by atoms with Gasteiger partial charge in [0.1, 0.15) is 0 Å². The number of aryl methyl sites for hydroxylation is 1. The summed E-state index contributed by atoms with van der Waals surface area (Å²) in [6.07, 6.45) is 0. The fourth-order valence-electron chi connectivity index (χ4n) is 1.98. The highest BCUT2D eigenvalue weighted by Crippen LogP contribution is 2.17. The van der Waals surface area contributed by atoms with Crippen molar-refractivity contribution in [1.82, 2.24) is 0 Å². The van der Waals surface area contributed by atoms with E-state index in [9.17, 15) is 0 Å². The van der Waals surface area contributed by atoms with Crippen LogP contribution in [-0.4, -0.2) is 12.2 Å². The summed E-state index contributed by atoms with van der Waals surface area (Å²) < 4.78 is 0. The Hall–Kier alpha value is -1.80. The summed E-state index contributed by atoms with van der Waals surface area (Å²) in [5, 5.41) is 9.01. The largest absolute Gasteiger partial charge is 0.392 e. The Labute approximate surface area is 109 Å². The van der Waals surface area contributed by atoms with Crippen molar-refractivity contribution in [1.29, 1.82) is 0 Å². The first-order valence-electron chi connectivity index (χ1n) is 6.15. The van der Waals surface area contributed by atoms with Gasteiger partial charge in [-0.2, -0.15) is 0 Å². The molecule has 0 unspecified atom stereocenters. The van der Waals surface area contributed by atoms with Gasteiger partial charge in [-0.1, -0.05) is 36.4 Å². The molecule has 0 aliphatic heterocycles. The average molecular weight is 241 g/mol. The molecule has 0 atom stereocenters. The third-order valence-corrected chi connectivity index (χ3v) is 3.07. The number of benzene rings is 2. The molecule has 2 heteroatoms. The quantitative estimate of drug-likeness (QED) is 0.889.